The van der Waals surface area contributed by atoms with Crippen LogP contribution in [-0.4, -0.2) is 29.8 Å². The van der Waals surface area contributed by atoms with E-state index in [0.29, 0.717) is 6.61 Å². The van der Waals surface area contributed by atoms with Crippen LogP contribution in [0.3, 0.4) is 0 Å². The average Bonchev–Trinajstić information content (AvgIpc) is 2.36. The molecule has 1 aromatic heterocycles. The van der Waals surface area contributed by atoms with Crippen LogP contribution in [0.2, 0.25) is 0 Å². The maximum atomic E-state index is 5.96. The molecule has 1 rings (SSSR count). The quantitative estimate of drug-likeness (QED) is 0.836. The van der Waals surface area contributed by atoms with Crippen molar-refractivity contribution in [2.45, 2.75) is 65.6 Å². The van der Waals surface area contributed by atoms with Gasteiger partial charge in [-0.15, -0.1) is 0 Å². The highest BCUT2D eigenvalue weighted by Crippen LogP contribution is 2.21. The predicted molar refractivity (Wildman–Crippen MR) is 86.8 cm³/mol. The lowest BCUT2D eigenvalue weighted by Gasteiger charge is -2.24. The van der Waals surface area contributed by atoms with Crippen LogP contribution in [0.5, 0.6) is 5.75 Å². The lowest BCUT2D eigenvalue weighted by atomic mass is 10.1. The van der Waals surface area contributed by atoms with Gasteiger partial charge in [0.1, 0.15) is 5.75 Å². The van der Waals surface area contributed by atoms with E-state index in [4.69, 9.17) is 9.47 Å². The Labute approximate surface area is 129 Å². The number of hydrogen-bond acceptors (Lipinski definition) is 4. The van der Waals surface area contributed by atoms with Gasteiger partial charge in [-0.3, -0.25) is 4.98 Å². The van der Waals surface area contributed by atoms with Crippen LogP contribution in [0.25, 0.3) is 0 Å². The molecule has 1 aromatic rings. The fourth-order valence-electron chi connectivity index (χ4n) is 1.70. The van der Waals surface area contributed by atoms with Crippen molar-refractivity contribution in [3.63, 3.8) is 0 Å². The lowest BCUT2D eigenvalue weighted by molar-refractivity contribution is 0.00536. The Kier molecular flexibility index (Phi) is 6.17. The van der Waals surface area contributed by atoms with Crippen LogP contribution in [0.15, 0.2) is 12.3 Å². The molecule has 0 unspecified atom stereocenters. The van der Waals surface area contributed by atoms with Gasteiger partial charge in [-0.1, -0.05) is 0 Å². The zero-order valence-corrected chi connectivity index (χ0v) is 14.5. The highest BCUT2D eigenvalue weighted by molar-refractivity contribution is 5.33. The Balaban J connectivity index is 2.69. The molecular weight excluding hydrogens is 264 g/mol. The van der Waals surface area contributed by atoms with Crippen molar-refractivity contribution in [3.05, 3.63) is 23.5 Å². The number of nitrogens with one attached hydrogen (secondary N) is 1. The third-order valence-corrected chi connectivity index (χ3v) is 3.40. The van der Waals surface area contributed by atoms with Gasteiger partial charge < -0.3 is 14.8 Å². The van der Waals surface area contributed by atoms with Gasteiger partial charge in [0.15, 0.2) is 0 Å². The Bertz CT molecular complexity index is 451. The summed E-state index contributed by atoms with van der Waals surface area (Å²) in [5, 5.41) is 3.47. The van der Waals surface area contributed by atoms with Crippen molar-refractivity contribution in [1.29, 1.82) is 0 Å². The molecule has 21 heavy (non-hydrogen) atoms. The zero-order valence-electron chi connectivity index (χ0n) is 14.5. The van der Waals surface area contributed by atoms with E-state index < -0.39 is 0 Å². The molecular formula is C17H30N2O2. The number of hydrogen-bond donors (Lipinski definition) is 1. The first-order valence-corrected chi connectivity index (χ1v) is 7.51. The summed E-state index contributed by atoms with van der Waals surface area (Å²) in [6, 6.07) is 2.00. The Morgan fingerprint density at radius 3 is 2.43 bits per heavy atom. The summed E-state index contributed by atoms with van der Waals surface area (Å²) in [6.07, 6.45) is 2.74. The lowest BCUT2D eigenvalue weighted by Crippen LogP contribution is -2.35. The molecule has 0 aliphatic carbocycles. The van der Waals surface area contributed by atoms with Crippen LogP contribution in [0.4, 0.5) is 0 Å². The number of rotatable bonds is 7. The van der Waals surface area contributed by atoms with Crippen molar-refractivity contribution in [2.75, 3.05) is 13.7 Å². The molecule has 0 aliphatic heterocycles. The molecule has 1 heterocycles. The van der Waals surface area contributed by atoms with E-state index in [2.05, 4.69) is 44.9 Å². The Morgan fingerprint density at radius 1 is 1.19 bits per heavy atom. The highest BCUT2D eigenvalue weighted by Gasteiger charge is 2.17. The first-order chi connectivity index (χ1) is 9.63. The predicted octanol–water partition coefficient (Wildman–Crippen LogP) is 3.47. The molecule has 0 spiro atoms. The number of pyridine rings is 1. The number of ether oxygens (including phenoxy) is 2. The van der Waals surface area contributed by atoms with E-state index in [0.717, 1.165) is 30.0 Å². The smallest absolute Gasteiger partial charge is 0.127 e. The highest BCUT2D eigenvalue weighted by atomic mass is 16.5. The van der Waals surface area contributed by atoms with E-state index in [-0.39, 0.29) is 11.1 Å². The average molecular weight is 294 g/mol. The molecule has 0 radical (unpaired) electrons. The van der Waals surface area contributed by atoms with E-state index >= 15 is 0 Å². The molecule has 4 heteroatoms. The first kappa shape index (κ1) is 17.9. The van der Waals surface area contributed by atoms with E-state index in [1.165, 1.54) is 0 Å². The third-order valence-electron chi connectivity index (χ3n) is 3.40. The van der Waals surface area contributed by atoms with Gasteiger partial charge in [0.25, 0.3) is 0 Å². The summed E-state index contributed by atoms with van der Waals surface area (Å²) in [7, 11) is 1.73. The second-order valence-corrected chi connectivity index (χ2v) is 7.10. The van der Waals surface area contributed by atoms with Crippen LogP contribution in [-0.2, 0) is 11.3 Å². The monoisotopic (exact) mass is 294 g/mol. The molecule has 0 saturated heterocycles. The van der Waals surface area contributed by atoms with E-state index in [9.17, 15) is 0 Å². The minimum atomic E-state index is -0.161. The zero-order chi connectivity index (χ0) is 16.1. The van der Waals surface area contributed by atoms with Gasteiger partial charge in [-0.2, -0.15) is 0 Å². The maximum absolute atomic E-state index is 5.96. The summed E-state index contributed by atoms with van der Waals surface area (Å²) >= 11 is 0. The first-order valence-electron chi connectivity index (χ1n) is 7.51. The molecule has 0 atom stereocenters. The van der Waals surface area contributed by atoms with E-state index in [1.807, 2.05) is 19.2 Å². The van der Waals surface area contributed by atoms with Gasteiger partial charge in [0.05, 0.1) is 12.2 Å². The van der Waals surface area contributed by atoms with Crippen LogP contribution < -0.4 is 10.1 Å². The van der Waals surface area contributed by atoms with Gasteiger partial charge in [0, 0.05) is 49.1 Å². The van der Waals surface area contributed by atoms with Crippen molar-refractivity contribution in [3.8, 4) is 5.75 Å². The SMILES string of the molecule is COC(C)(C)CCOc1cc(C)ncc1CNC(C)(C)C. The van der Waals surface area contributed by atoms with Crippen molar-refractivity contribution in [2.24, 2.45) is 0 Å². The maximum Gasteiger partial charge on any atom is 0.127 e. The number of aromatic nitrogens is 1. The standard InChI is InChI=1S/C17H30N2O2/c1-13-10-15(21-9-8-17(5,6)20-7)14(11-18-13)12-19-16(2,3)4/h10-11,19H,8-9,12H2,1-7H3. The normalized spacial score (nSPS) is 12.5. The fourth-order valence-corrected chi connectivity index (χ4v) is 1.70. The van der Waals surface area contributed by atoms with Crippen molar-refractivity contribution in [1.82, 2.24) is 10.3 Å². The topological polar surface area (TPSA) is 43.4 Å². The molecule has 1 N–H and O–H groups in total. The number of nitrogens with zero attached hydrogens (tertiary/aromatic N) is 1. The minimum Gasteiger partial charge on any atom is -0.493 e. The largest absolute Gasteiger partial charge is 0.493 e. The van der Waals surface area contributed by atoms with Gasteiger partial charge in [0.2, 0.25) is 0 Å². The summed E-state index contributed by atoms with van der Waals surface area (Å²) in [4.78, 5) is 4.37. The van der Waals surface area contributed by atoms with E-state index in [1.54, 1.807) is 7.11 Å². The fraction of sp³-hybridized carbons (Fsp3) is 0.706. The van der Waals surface area contributed by atoms with Crippen LogP contribution >= 0.6 is 0 Å². The van der Waals surface area contributed by atoms with Crippen LogP contribution in [0, 0.1) is 6.92 Å². The molecule has 0 saturated carbocycles. The molecule has 0 amide bonds. The molecule has 120 valence electrons. The summed E-state index contributed by atoms with van der Waals surface area (Å²) in [6.45, 7) is 13.9. The summed E-state index contributed by atoms with van der Waals surface area (Å²) < 4.78 is 11.4. The molecule has 0 aliphatic rings. The molecule has 0 bridgehead atoms. The van der Waals surface area contributed by atoms with Crippen molar-refractivity contribution < 1.29 is 9.47 Å². The third kappa shape index (κ3) is 6.91. The van der Waals surface area contributed by atoms with Gasteiger partial charge in [-0.25, -0.2) is 0 Å². The van der Waals surface area contributed by atoms with Crippen molar-refractivity contribution >= 4 is 0 Å². The molecule has 0 aromatic carbocycles. The van der Waals surface area contributed by atoms with Gasteiger partial charge in [-0.05, 0) is 41.5 Å². The van der Waals surface area contributed by atoms with Gasteiger partial charge >= 0.3 is 0 Å². The minimum absolute atomic E-state index is 0.0696. The molecule has 4 nitrogen and oxygen atoms in total. The second kappa shape index (κ2) is 7.23. The van der Waals surface area contributed by atoms with Crippen LogP contribution in [0.1, 0.15) is 52.3 Å². The summed E-state index contributed by atoms with van der Waals surface area (Å²) in [5.41, 5.74) is 1.97. The molecule has 0 fully saturated rings. The Hall–Kier alpha value is -1.13. The Morgan fingerprint density at radius 2 is 1.86 bits per heavy atom. The summed E-state index contributed by atoms with van der Waals surface area (Å²) in [5.74, 6) is 0.908. The number of methoxy groups -OCH3 is 1. The second-order valence-electron chi connectivity index (χ2n) is 7.10. The number of aryl methyl sites for hydroxylation is 1.